The molecular weight excluding hydrogens is 208 g/mol. The number of carbonyl (C=O) groups excluding carboxylic acids is 2. The van der Waals surface area contributed by atoms with Gasteiger partial charge >= 0.3 is 11.9 Å². The Morgan fingerprint density at radius 2 is 2.07 bits per heavy atom. The lowest BCUT2D eigenvalue weighted by atomic mass is 10.3. The van der Waals surface area contributed by atoms with E-state index in [1.807, 2.05) is 0 Å². The Labute approximate surface area is 87.8 Å². The summed E-state index contributed by atoms with van der Waals surface area (Å²) < 4.78 is 9.50. The van der Waals surface area contributed by atoms with Crippen molar-refractivity contribution in [2.24, 2.45) is 0 Å². The molecule has 4 nitrogen and oxygen atoms in total. The van der Waals surface area contributed by atoms with Gasteiger partial charge in [0, 0.05) is 5.57 Å². The third-order valence-corrected chi connectivity index (χ3v) is 1.46. The summed E-state index contributed by atoms with van der Waals surface area (Å²) >= 11 is 5.21. The minimum atomic E-state index is -0.537. The van der Waals surface area contributed by atoms with Gasteiger partial charge in [0.2, 0.25) is 0 Å². The molecule has 0 fully saturated rings. The van der Waals surface area contributed by atoms with Crippen LogP contribution in [0.1, 0.15) is 13.8 Å². The molecule has 0 spiro atoms. The van der Waals surface area contributed by atoms with Gasteiger partial charge in [0.25, 0.3) is 0 Å². The number of hydrogen-bond donors (Lipinski definition) is 0. The monoisotopic (exact) mass is 220 g/mol. The normalized spacial score (nSPS) is 11.6. The van der Waals surface area contributed by atoms with Gasteiger partial charge < -0.3 is 9.47 Å². The van der Waals surface area contributed by atoms with Crippen LogP contribution in [0.3, 0.4) is 0 Å². The summed E-state index contributed by atoms with van der Waals surface area (Å²) in [6.45, 7) is 6.56. The van der Waals surface area contributed by atoms with E-state index in [0.29, 0.717) is 5.57 Å². The Bertz CT molecular complexity index is 237. The summed E-state index contributed by atoms with van der Waals surface area (Å²) in [5.74, 6) is -1.25. The first-order valence-electron chi connectivity index (χ1n) is 4.05. The average molecular weight is 221 g/mol. The molecule has 0 radical (unpaired) electrons. The van der Waals surface area contributed by atoms with Crippen molar-refractivity contribution in [2.45, 2.75) is 20.0 Å². The van der Waals surface area contributed by atoms with Crippen LogP contribution in [0.5, 0.6) is 0 Å². The molecule has 0 aliphatic heterocycles. The third kappa shape index (κ3) is 5.59. The molecule has 0 rings (SSSR count). The van der Waals surface area contributed by atoms with E-state index in [4.69, 9.17) is 21.1 Å². The maximum absolute atomic E-state index is 10.9. The third-order valence-electron chi connectivity index (χ3n) is 1.24. The topological polar surface area (TPSA) is 52.6 Å². The molecule has 5 heteroatoms. The molecule has 0 saturated carbocycles. The smallest absolute Gasteiger partial charge is 0.333 e. The first kappa shape index (κ1) is 13.0. The van der Waals surface area contributed by atoms with Crippen LogP contribution in [0.2, 0.25) is 0 Å². The van der Waals surface area contributed by atoms with E-state index in [2.05, 4.69) is 6.58 Å². The highest BCUT2D eigenvalue weighted by Gasteiger charge is 2.11. The zero-order valence-corrected chi connectivity index (χ0v) is 8.97. The van der Waals surface area contributed by atoms with Crippen LogP contribution in [-0.2, 0) is 19.1 Å². The molecule has 1 atom stereocenters. The highest BCUT2D eigenvalue weighted by atomic mass is 35.5. The molecule has 0 aromatic carbocycles. The maximum atomic E-state index is 10.9. The molecule has 0 aliphatic carbocycles. The van der Waals surface area contributed by atoms with E-state index >= 15 is 0 Å². The standard InChI is InChI=1S/C9H13ClO4/c1-6(2)9(12)13-5-7(3)14-8(11)4-10/h7H,1,4-5H2,2-3H3. The number of halogens is 1. The van der Waals surface area contributed by atoms with E-state index in [0.717, 1.165) is 0 Å². The van der Waals surface area contributed by atoms with Gasteiger partial charge in [0.05, 0.1) is 0 Å². The van der Waals surface area contributed by atoms with Crippen molar-refractivity contribution in [1.82, 2.24) is 0 Å². The van der Waals surface area contributed by atoms with Crippen LogP contribution in [0.4, 0.5) is 0 Å². The molecule has 0 bridgehead atoms. The van der Waals surface area contributed by atoms with Crippen LogP contribution in [0.15, 0.2) is 12.2 Å². The van der Waals surface area contributed by atoms with Crippen molar-refractivity contribution in [2.75, 3.05) is 12.5 Å². The SMILES string of the molecule is C=C(C)C(=O)OCC(C)OC(=O)CCl. The largest absolute Gasteiger partial charge is 0.458 e. The molecule has 0 N–H and O–H groups in total. The summed E-state index contributed by atoms with van der Waals surface area (Å²) in [6, 6.07) is 0. The number of rotatable bonds is 5. The second-order valence-electron chi connectivity index (χ2n) is 2.81. The van der Waals surface area contributed by atoms with Crippen LogP contribution in [-0.4, -0.2) is 30.5 Å². The van der Waals surface area contributed by atoms with Crippen LogP contribution < -0.4 is 0 Å². The van der Waals surface area contributed by atoms with Gasteiger partial charge in [0.15, 0.2) is 0 Å². The number of carbonyl (C=O) groups is 2. The lowest BCUT2D eigenvalue weighted by Gasteiger charge is -2.12. The molecule has 0 aromatic heterocycles. The van der Waals surface area contributed by atoms with E-state index < -0.39 is 18.0 Å². The molecule has 0 saturated heterocycles. The fraction of sp³-hybridized carbons (Fsp3) is 0.556. The molecule has 0 aliphatic rings. The Balaban J connectivity index is 3.74. The zero-order chi connectivity index (χ0) is 11.1. The fourth-order valence-electron chi connectivity index (χ4n) is 0.606. The van der Waals surface area contributed by atoms with Crippen molar-refractivity contribution in [3.63, 3.8) is 0 Å². The van der Waals surface area contributed by atoms with E-state index in [1.165, 1.54) is 6.92 Å². The summed E-state index contributed by atoms with van der Waals surface area (Å²) in [4.78, 5) is 21.6. The maximum Gasteiger partial charge on any atom is 0.333 e. The van der Waals surface area contributed by atoms with Gasteiger partial charge in [-0.05, 0) is 13.8 Å². The Morgan fingerprint density at radius 3 is 2.50 bits per heavy atom. The Morgan fingerprint density at radius 1 is 1.50 bits per heavy atom. The summed E-state index contributed by atoms with van der Waals surface area (Å²) in [7, 11) is 0. The van der Waals surface area contributed by atoms with Gasteiger partial charge in [0.1, 0.15) is 18.6 Å². The predicted octanol–water partition coefficient (Wildman–Crippen LogP) is 1.28. The fourth-order valence-corrected chi connectivity index (χ4v) is 0.669. The van der Waals surface area contributed by atoms with E-state index in [1.54, 1.807) is 6.92 Å². The summed E-state index contributed by atoms with van der Waals surface area (Å²) in [6.07, 6.45) is -0.496. The summed E-state index contributed by atoms with van der Waals surface area (Å²) in [5, 5.41) is 0. The van der Waals surface area contributed by atoms with Crippen LogP contribution in [0, 0.1) is 0 Å². The van der Waals surface area contributed by atoms with Crippen LogP contribution >= 0.6 is 11.6 Å². The van der Waals surface area contributed by atoms with Crippen molar-refractivity contribution < 1.29 is 19.1 Å². The van der Waals surface area contributed by atoms with Crippen molar-refractivity contribution in [3.05, 3.63) is 12.2 Å². The van der Waals surface area contributed by atoms with Crippen molar-refractivity contribution in [1.29, 1.82) is 0 Å². The first-order chi connectivity index (χ1) is 6.47. The molecule has 1 unspecified atom stereocenters. The molecule has 0 heterocycles. The predicted molar refractivity (Wildman–Crippen MR) is 52.0 cm³/mol. The number of hydrogen-bond acceptors (Lipinski definition) is 4. The second kappa shape index (κ2) is 6.43. The van der Waals surface area contributed by atoms with Crippen molar-refractivity contribution in [3.8, 4) is 0 Å². The van der Waals surface area contributed by atoms with Gasteiger partial charge in [-0.3, -0.25) is 4.79 Å². The van der Waals surface area contributed by atoms with E-state index in [-0.39, 0.29) is 12.5 Å². The van der Waals surface area contributed by atoms with Gasteiger partial charge in [-0.15, -0.1) is 11.6 Å². The zero-order valence-electron chi connectivity index (χ0n) is 8.21. The highest BCUT2D eigenvalue weighted by molar-refractivity contribution is 6.26. The minimum absolute atomic E-state index is 0.00826. The van der Waals surface area contributed by atoms with Crippen LogP contribution in [0.25, 0.3) is 0 Å². The number of alkyl halides is 1. The molecule has 80 valence electrons. The Hall–Kier alpha value is -1.03. The average Bonchev–Trinajstić information content (AvgIpc) is 2.13. The highest BCUT2D eigenvalue weighted by Crippen LogP contribution is 1.98. The quantitative estimate of drug-likeness (QED) is 0.398. The first-order valence-corrected chi connectivity index (χ1v) is 4.59. The number of esters is 2. The lowest BCUT2D eigenvalue weighted by Crippen LogP contribution is -2.23. The molecule has 0 aromatic rings. The molecule has 0 amide bonds. The second-order valence-corrected chi connectivity index (χ2v) is 3.08. The number of ether oxygens (including phenoxy) is 2. The van der Waals surface area contributed by atoms with E-state index in [9.17, 15) is 9.59 Å². The van der Waals surface area contributed by atoms with Crippen molar-refractivity contribution >= 4 is 23.5 Å². The Kier molecular flexibility index (Phi) is 5.95. The minimum Gasteiger partial charge on any atom is -0.458 e. The lowest BCUT2D eigenvalue weighted by molar-refractivity contribution is -0.153. The van der Waals surface area contributed by atoms with Gasteiger partial charge in [-0.2, -0.15) is 0 Å². The molecular formula is C9H13ClO4. The van der Waals surface area contributed by atoms with Gasteiger partial charge in [-0.25, -0.2) is 4.79 Å². The van der Waals surface area contributed by atoms with Gasteiger partial charge in [-0.1, -0.05) is 6.58 Å². The molecule has 14 heavy (non-hydrogen) atoms. The summed E-state index contributed by atoms with van der Waals surface area (Å²) in [5.41, 5.74) is 0.306.